The average molecular weight is 276 g/mol. The van der Waals surface area contributed by atoms with Crippen LogP contribution < -0.4 is 5.73 Å². The molecule has 0 saturated heterocycles. The Labute approximate surface area is 123 Å². The Balaban J connectivity index is 2.72. The van der Waals surface area contributed by atoms with Crippen molar-refractivity contribution in [1.29, 1.82) is 0 Å². The van der Waals surface area contributed by atoms with Gasteiger partial charge >= 0.3 is 0 Å². The molecule has 1 aromatic rings. The molecular weight excluding hydrogens is 248 g/mol. The zero-order valence-electron chi connectivity index (χ0n) is 13.6. The fourth-order valence-electron chi connectivity index (χ4n) is 2.03. The summed E-state index contributed by atoms with van der Waals surface area (Å²) in [4.78, 5) is 13.9. The van der Waals surface area contributed by atoms with E-state index in [9.17, 15) is 4.79 Å². The van der Waals surface area contributed by atoms with Gasteiger partial charge in [0.15, 0.2) is 0 Å². The molecule has 0 aliphatic carbocycles. The minimum absolute atomic E-state index is 0.0971. The molecule has 20 heavy (non-hydrogen) atoms. The smallest absolute Gasteiger partial charge is 0.226 e. The normalized spacial score (nSPS) is 14.8. The first-order chi connectivity index (χ1) is 9.12. The van der Waals surface area contributed by atoms with Crippen LogP contribution >= 0.6 is 0 Å². The summed E-state index contributed by atoms with van der Waals surface area (Å²) in [5, 5.41) is 0. The fourth-order valence-corrected chi connectivity index (χ4v) is 2.03. The Hall–Kier alpha value is -1.35. The van der Waals surface area contributed by atoms with Crippen molar-refractivity contribution in [1.82, 2.24) is 4.90 Å². The summed E-state index contributed by atoms with van der Waals surface area (Å²) >= 11 is 0. The highest BCUT2D eigenvalue weighted by Gasteiger charge is 2.21. The highest BCUT2D eigenvalue weighted by atomic mass is 16.2. The van der Waals surface area contributed by atoms with Gasteiger partial charge in [0.05, 0.1) is 5.92 Å². The lowest BCUT2D eigenvalue weighted by molar-refractivity contribution is -0.134. The van der Waals surface area contributed by atoms with Crippen LogP contribution in [0.1, 0.15) is 45.7 Å². The number of rotatable bonds is 4. The second-order valence-corrected chi connectivity index (χ2v) is 6.79. The van der Waals surface area contributed by atoms with Gasteiger partial charge in [-0.25, -0.2) is 0 Å². The molecule has 2 unspecified atom stereocenters. The van der Waals surface area contributed by atoms with E-state index in [1.54, 1.807) is 4.90 Å². The van der Waals surface area contributed by atoms with E-state index in [-0.39, 0.29) is 23.3 Å². The summed E-state index contributed by atoms with van der Waals surface area (Å²) in [6.45, 7) is 11.0. The molecule has 2 N–H and O–H groups in total. The predicted molar refractivity (Wildman–Crippen MR) is 84.4 cm³/mol. The highest BCUT2D eigenvalue weighted by Crippen LogP contribution is 2.22. The van der Waals surface area contributed by atoms with Gasteiger partial charge in [0.2, 0.25) is 5.91 Å². The van der Waals surface area contributed by atoms with E-state index in [0.29, 0.717) is 6.54 Å². The molecule has 1 rings (SSSR count). The summed E-state index contributed by atoms with van der Waals surface area (Å²) in [5.74, 6) is -0.0475. The van der Waals surface area contributed by atoms with Crippen molar-refractivity contribution < 1.29 is 4.79 Å². The molecule has 0 bridgehead atoms. The monoisotopic (exact) mass is 276 g/mol. The van der Waals surface area contributed by atoms with Crippen molar-refractivity contribution in [3.05, 3.63) is 35.4 Å². The molecule has 0 spiro atoms. The summed E-state index contributed by atoms with van der Waals surface area (Å²) in [6, 6.07) is 8.36. The third kappa shape index (κ3) is 4.34. The number of nitrogens with two attached hydrogens (primary N) is 1. The standard InChI is InChI=1S/C17H28N2O/c1-12(13(2)18)16(20)19(6)11-14-7-9-15(10-8-14)17(3,4)5/h7-10,12-13H,11,18H2,1-6H3. The van der Waals surface area contributed by atoms with E-state index in [1.807, 2.05) is 20.9 Å². The Kier molecular flexibility index (Phi) is 5.35. The minimum Gasteiger partial charge on any atom is -0.341 e. The maximum absolute atomic E-state index is 12.2. The Morgan fingerprint density at radius 2 is 1.70 bits per heavy atom. The van der Waals surface area contributed by atoms with E-state index >= 15 is 0 Å². The maximum atomic E-state index is 12.2. The Morgan fingerprint density at radius 3 is 2.10 bits per heavy atom. The highest BCUT2D eigenvalue weighted by molar-refractivity contribution is 5.78. The van der Waals surface area contributed by atoms with Crippen molar-refractivity contribution in [3.8, 4) is 0 Å². The van der Waals surface area contributed by atoms with Gasteiger partial charge in [0, 0.05) is 19.6 Å². The molecule has 0 fully saturated rings. The van der Waals surface area contributed by atoms with Crippen LogP contribution in [0, 0.1) is 5.92 Å². The molecule has 1 amide bonds. The van der Waals surface area contributed by atoms with E-state index in [4.69, 9.17) is 5.73 Å². The van der Waals surface area contributed by atoms with Gasteiger partial charge in [0.1, 0.15) is 0 Å². The number of benzene rings is 1. The van der Waals surface area contributed by atoms with Crippen molar-refractivity contribution in [2.75, 3.05) is 7.05 Å². The average Bonchev–Trinajstić information content (AvgIpc) is 2.36. The maximum Gasteiger partial charge on any atom is 0.226 e. The Morgan fingerprint density at radius 1 is 1.20 bits per heavy atom. The molecule has 1 aromatic carbocycles. The van der Waals surface area contributed by atoms with Gasteiger partial charge in [-0.2, -0.15) is 0 Å². The van der Waals surface area contributed by atoms with Crippen molar-refractivity contribution in [2.24, 2.45) is 11.7 Å². The first kappa shape index (κ1) is 16.7. The molecule has 3 nitrogen and oxygen atoms in total. The quantitative estimate of drug-likeness (QED) is 0.919. The minimum atomic E-state index is -0.145. The van der Waals surface area contributed by atoms with Crippen LogP contribution in [0.25, 0.3) is 0 Å². The largest absolute Gasteiger partial charge is 0.341 e. The van der Waals surface area contributed by atoms with Crippen LogP contribution in [0.4, 0.5) is 0 Å². The number of carbonyl (C=O) groups is 1. The molecule has 2 atom stereocenters. The lowest BCUT2D eigenvalue weighted by Gasteiger charge is -2.24. The molecule has 3 heteroatoms. The van der Waals surface area contributed by atoms with E-state index in [1.165, 1.54) is 5.56 Å². The van der Waals surface area contributed by atoms with Gasteiger partial charge < -0.3 is 10.6 Å². The van der Waals surface area contributed by atoms with E-state index in [0.717, 1.165) is 5.56 Å². The van der Waals surface area contributed by atoms with Gasteiger partial charge in [-0.15, -0.1) is 0 Å². The number of carbonyl (C=O) groups excluding carboxylic acids is 1. The second-order valence-electron chi connectivity index (χ2n) is 6.79. The molecule has 0 heterocycles. The zero-order valence-corrected chi connectivity index (χ0v) is 13.6. The number of nitrogens with zero attached hydrogens (tertiary/aromatic N) is 1. The van der Waals surface area contributed by atoms with Gasteiger partial charge in [-0.1, -0.05) is 52.0 Å². The van der Waals surface area contributed by atoms with Gasteiger partial charge in [-0.05, 0) is 23.5 Å². The SMILES string of the molecule is CC(N)C(C)C(=O)N(C)Cc1ccc(C(C)(C)C)cc1. The molecule has 0 radical (unpaired) electrons. The third-order valence-corrected chi connectivity index (χ3v) is 3.79. The van der Waals surface area contributed by atoms with Crippen molar-refractivity contribution >= 4 is 5.91 Å². The zero-order chi connectivity index (χ0) is 15.5. The summed E-state index contributed by atoms with van der Waals surface area (Å²) in [7, 11) is 1.83. The lowest BCUT2D eigenvalue weighted by atomic mass is 9.87. The van der Waals surface area contributed by atoms with Crippen molar-refractivity contribution in [2.45, 2.75) is 52.6 Å². The fraction of sp³-hybridized carbons (Fsp3) is 0.588. The number of hydrogen-bond acceptors (Lipinski definition) is 2. The first-order valence-corrected chi connectivity index (χ1v) is 7.23. The predicted octanol–water partition coefficient (Wildman–Crippen LogP) is 2.93. The molecule has 0 aromatic heterocycles. The number of hydrogen-bond donors (Lipinski definition) is 1. The topological polar surface area (TPSA) is 46.3 Å². The summed E-state index contributed by atoms with van der Waals surface area (Å²) < 4.78 is 0. The van der Waals surface area contributed by atoms with E-state index < -0.39 is 0 Å². The first-order valence-electron chi connectivity index (χ1n) is 7.23. The van der Waals surface area contributed by atoms with Crippen LogP contribution in [0.5, 0.6) is 0 Å². The molecule has 0 saturated carbocycles. The third-order valence-electron chi connectivity index (χ3n) is 3.79. The van der Waals surface area contributed by atoms with Crippen LogP contribution in [0.3, 0.4) is 0 Å². The Bertz CT molecular complexity index is 443. The van der Waals surface area contributed by atoms with Crippen LogP contribution in [-0.4, -0.2) is 23.9 Å². The summed E-state index contributed by atoms with van der Waals surface area (Å²) in [5.41, 5.74) is 8.39. The van der Waals surface area contributed by atoms with Gasteiger partial charge in [-0.3, -0.25) is 4.79 Å². The summed E-state index contributed by atoms with van der Waals surface area (Å²) in [6.07, 6.45) is 0. The molecule has 112 valence electrons. The van der Waals surface area contributed by atoms with Crippen LogP contribution in [-0.2, 0) is 16.8 Å². The second kappa shape index (κ2) is 6.40. The molecular formula is C17H28N2O. The molecule has 0 aliphatic rings. The number of amides is 1. The molecule has 0 aliphatic heterocycles. The van der Waals surface area contributed by atoms with Crippen LogP contribution in [0.15, 0.2) is 24.3 Å². The van der Waals surface area contributed by atoms with E-state index in [2.05, 4.69) is 45.0 Å². The van der Waals surface area contributed by atoms with Gasteiger partial charge in [0.25, 0.3) is 0 Å². The lowest BCUT2D eigenvalue weighted by Crippen LogP contribution is -2.39. The van der Waals surface area contributed by atoms with Crippen LogP contribution in [0.2, 0.25) is 0 Å². The van der Waals surface area contributed by atoms with Crippen molar-refractivity contribution in [3.63, 3.8) is 0 Å².